The maximum atomic E-state index is 11.4. The average molecular weight is 203 g/mol. The van der Waals surface area contributed by atoms with E-state index in [1.165, 1.54) is 19.3 Å². The van der Waals surface area contributed by atoms with E-state index in [2.05, 4.69) is 19.9 Å². The summed E-state index contributed by atoms with van der Waals surface area (Å²) in [6.07, 6.45) is 6.23. The second kappa shape index (κ2) is 5.34. The lowest BCUT2D eigenvalue weighted by atomic mass is 10.3. The van der Waals surface area contributed by atoms with Gasteiger partial charge in [-0.25, -0.2) is 9.97 Å². The van der Waals surface area contributed by atoms with E-state index in [-0.39, 0.29) is 5.78 Å². The van der Waals surface area contributed by atoms with Crippen LogP contribution in [0.1, 0.15) is 23.4 Å². The highest BCUT2D eigenvalue weighted by atomic mass is 16.1. The van der Waals surface area contributed by atoms with Crippen LogP contribution in [-0.4, -0.2) is 25.7 Å². The van der Waals surface area contributed by atoms with Crippen LogP contribution in [0.3, 0.4) is 0 Å². The zero-order valence-corrected chi connectivity index (χ0v) is 8.06. The van der Waals surface area contributed by atoms with E-state index in [4.69, 9.17) is 5.26 Å². The summed E-state index contributed by atoms with van der Waals surface area (Å²) >= 11 is 0. The van der Waals surface area contributed by atoms with Crippen molar-refractivity contribution >= 4 is 5.78 Å². The highest BCUT2D eigenvalue weighted by Crippen LogP contribution is 1.98. The van der Waals surface area contributed by atoms with Gasteiger partial charge in [-0.2, -0.15) is 5.26 Å². The molecule has 2 heterocycles. The Bertz CT molecular complexity index is 401. The first kappa shape index (κ1) is 10.7. The van der Waals surface area contributed by atoms with Gasteiger partial charge in [0.2, 0.25) is 0 Å². The van der Waals surface area contributed by atoms with E-state index in [0.717, 1.165) is 0 Å². The van der Waals surface area contributed by atoms with Gasteiger partial charge in [0.25, 0.3) is 5.78 Å². The molecule has 0 aromatic carbocycles. The minimum Gasteiger partial charge on any atom is -0.342 e. The lowest BCUT2D eigenvalue weighted by Gasteiger charge is -1.89. The fourth-order valence-electron chi connectivity index (χ4n) is 0.891. The smallest absolute Gasteiger partial charge is 0.263 e. The number of H-pyrrole nitrogens is 2. The minimum atomic E-state index is -0.231. The fourth-order valence-corrected chi connectivity index (χ4v) is 0.891. The molecule has 2 N–H and O–H groups in total. The molecule has 0 radical (unpaired) electrons. The number of ketones is 1. The standard InChI is InChI=1S/C7H6N4O.C2H3N/c12-5(6-8-1-2-9-6)7-10-3-4-11-7;1-2-3/h1-4H,(H,8,9)(H,10,11);1H3. The van der Waals surface area contributed by atoms with Gasteiger partial charge in [0.05, 0.1) is 6.07 Å². The molecule has 0 saturated heterocycles. The zero-order valence-electron chi connectivity index (χ0n) is 8.06. The van der Waals surface area contributed by atoms with E-state index in [1.54, 1.807) is 18.5 Å². The number of nitrogens with zero attached hydrogens (tertiary/aromatic N) is 3. The summed E-state index contributed by atoms with van der Waals surface area (Å²) < 4.78 is 0. The van der Waals surface area contributed by atoms with Crippen molar-refractivity contribution in [3.05, 3.63) is 36.4 Å². The third kappa shape index (κ3) is 2.77. The molecule has 2 aromatic heterocycles. The van der Waals surface area contributed by atoms with Crippen molar-refractivity contribution in [2.45, 2.75) is 6.92 Å². The van der Waals surface area contributed by atoms with Gasteiger partial charge in [-0.3, -0.25) is 4.79 Å². The summed E-state index contributed by atoms with van der Waals surface area (Å²) in [4.78, 5) is 24.4. The first-order chi connectivity index (χ1) is 7.29. The monoisotopic (exact) mass is 203 g/mol. The van der Waals surface area contributed by atoms with Crippen LogP contribution < -0.4 is 0 Å². The van der Waals surface area contributed by atoms with Crippen molar-refractivity contribution < 1.29 is 4.79 Å². The summed E-state index contributed by atoms with van der Waals surface area (Å²) in [5, 5.41) is 7.32. The molecule has 0 saturated carbocycles. The van der Waals surface area contributed by atoms with E-state index >= 15 is 0 Å². The van der Waals surface area contributed by atoms with Crippen LogP contribution in [0, 0.1) is 11.3 Å². The number of imidazole rings is 2. The Labute approximate surface area is 86.0 Å². The maximum absolute atomic E-state index is 11.4. The largest absolute Gasteiger partial charge is 0.342 e. The molecule has 2 aromatic rings. The molecule has 6 nitrogen and oxygen atoms in total. The minimum absolute atomic E-state index is 0.231. The van der Waals surface area contributed by atoms with E-state index in [9.17, 15) is 4.79 Å². The second-order valence-corrected chi connectivity index (χ2v) is 2.43. The third-order valence-corrected chi connectivity index (χ3v) is 1.43. The molecule has 0 aliphatic carbocycles. The molecule has 0 unspecified atom stereocenters. The number of aromatic amines is 2. The topological polar surface area (TPSA) is 98.2 Å². The molecule has 0 aliphatic heterocycles. The van der Waals surface area contributed by atoms with Gasteiger partial charge in [-0.05, 0) is 0 Å². The molecule has 0 fully saturated rings. The highest BCUT2D eigenvalue weighted by molar-refractivity contribution is 6.03. The number of aromatic nitrogens is 4. The predicted molar refractivity (Wildman–Crippen MR) is 51.9 cm³/mol. The second-order valence-electron chi connectivity index (χ2n) is 2.43. The Morgan fingerprint density at radius 2 is 1.67 bits per heavy atom. The fraction of sp³-hybridized carbons (Fsp3) is 0.111. The van der Waals surface area contributed by atoms with Crippen LogP contribution in [-0.2, 0) is 0 Å². The summed E-state index contributed by atoms with van der Waals surface area (Å²) in [5.41, 5.74) is 0. The molecular weight excluding hydrogens is 194 g/mol. The molecule has 0 bridgehead atoms. The number of nitriles is 1. The predicted octanol–water partition coefficient (Wildman–Crippen LogP) is 0.894. The van der Waals surface area contributed by atoms with Crippen LogP contribution in [0.2, 0.25) is 0 Å². The Balaban J connectivity index is 0.000000337. The number of carbonyl (C=O) groups is 1. The molecule has 2 rings (SSSR count). The summed E-state index contributed by atoms with van der Waals surface area (Å²) in [5.74, 6) is 0.361. The van der Waals surface area contributed by atoms with Gasteiger partial charge >= 0.3 is 0 Å². The van der Waals surface area contributed by atoms with Gasteiger partial charge in [-0.15, -0.1) is 0 Å². The third-order valence-electron chi connectivity index (χ3n) is 1.43. The van der Waals surface area contributed by atoms with Crippen LogP contribution in [0.4, 0.5) is 0 Å². The van der Waals surface area contributed by atoms with Crippen molar-refractivity contribution in [1.29, 1.82) is 5.26 Å². The van der Waals surface area contributed by atoms with Crippen LogP contribution >= 0.6 is 0 Å². The molecule has 76 valence electrons. The van der Waals surface area contributed by atoms with Crippen molar-refractivity contribution in [2.24, 2.45) is 0 Å². The van der Waals surface area contributed by atoms with Gasteiger partial charge < -0.3 is 9.97 Å². The van der Waals surface area contributed by atoms with E-state index < -0.39 is 0 Å². The van der Waals surface area contributed by atoms with Crippen molar-refractivity contribution in [2.75, 3.05) is 0 Å². The van der Waals surface area contributed by atoms with Gasteiger partial charge in [-0.1, -0.05) is 0 Å². The van der Waals surface area contributed by atoms with Crippen LogP contribution in [0.5, 0.6) is 0 Å². The average Bonchev–Trinajstić information content (AvgIpc) is 2.92. The number of nitrogens with one attached hydrogen (secondary N) is 2. The number of rotatable bonds is 2. The van der Waals surface area contributed by atoms with Crippen molar-refractivity contribution in [1.82, 2.24) is 19.9 Å². The van der Waals surface area contributed by atoms with Gasteiger partial charge in [0, 0.05) is 31.7 Å². The van der Waals surface area contributed by atoms with Gasteiger partial charge in [0.15, 0.2) is 11.6 Å². The molecule has 0 atom stereocenters. The summed E-state index contributed by atoms with van der Waals surface area (Å²) in [6, 6.07) is 1.75. The molecular formula is C9H9N5O. The van der Waals surface area contributed by atoms with Crippen molar-refractivity contribution in [3.63, 3.8) is 0 Å². The van der Waals surface area contributed by atoms with E-state index in [1.807, 2.05) is 0 Å². The van der Waals surface area contributed by atoms with Crippen molar-refractivity contribution in [3.8, 4) is 6.07 Å². The maximum Gasteiger partial charge on any atom is 0.263 e. The lowest BCUT2D eigenvalue weighted by molar-refractivity contribution is 0.102. The first-order valence-electron chi connectivity index (χ1n) is 4.14. The number of carbonyl (C=O) groups excluding carboxylic acids is 1. The SMILES string of the molecule is CC#N.O=C(c1ncc[nH]1)c1ncc[nH]1. The van der Waals surface area contributed by atoms with E-state index in [0.29, 0.717) is 11.6 Å². The molecule has 15 heavy (non-hydrogen) atoms. The summed E-state index contributed by atoms with van der Waals surface area (Å²) in [6.45, 7) is 1.43. The quantitative estimate of drug-likeness (QED) is 0.708. The first-order valence-corrected chi connectivity index (χ1v) is 4.14. The Morgan fingerprint density at radius 1 is 1.27 bits per heavy atom. The van der Waals surface area contributed by atoms with Gasteiger partial charge in [0.1, 0.15) is 0 Å². The normalized spacial score (nSPS) is 8.53. The zero-order chi connectivity index (χ0) is 11.1. The number of hydrogen-bond donors (Lipinski definition) is 2. The van der Waals surface area contributed by atoms with Crippen LogP contribution in [0.25, 0.3) is 0 Å². The Morgan fingerprint density at radius 3 is 1.93 bits per heavy atom. The Hall–Kier alpha value is -2.42. The molecule has 0 amide bonds. The molecule has 0 aliphatic rings. The number of hydrogen-bond acceptors (Lipinski definition) is 4. The highest BCUT2D eigenvalue weighted by Gasteiger charge is 2.12. The summed E-state index contributed by atoms with van der Waals surface area (Å²) in [7, 11) is 0. The van der Waals surface area contributed by atoms with Crippen LogP contribution in [0.15, 0.2) is 24.8 Å². The molecule has 0 spiro atoms. The molecule has 6 heteroatoms. The lowest BCUT2D eigenvalue weighted by Crippen LogP contribution is -2.05. The Kier molecular flexibility index (Phi) is 3.79.